The number of aryl methyl sites for hydroxylation is 1. The zero-order valence-electron chi connectivity index (χ0n) is 9.28. The molecule has 88 valence electrons. The zero-order chi connectivity index (χ0) is 12.3. The van der Waals surface area contributed by atoms with Crippen LogP contribution in [0.2, 0.25) is 0 Å². The van der Waals surface area contributed by atoms with Gasteiger partial charge in [0, 0.05) is 5.56 Å². The van der Waals surface area contributed by atoms with Crippen LogP contribution >= 0.6 is 0 Å². The van der Waals surface area contributed by atoms with E-state index in [1.54, 1.807) is 0 Å². The fraction of sp³-hybridized carbons (Fsp3) is 0.364. The van der Waals surface area contributed by atoms with E-state index in [1.165, 1.54) is 26.2 Å². The monoisotopic (exact) mass is 228 g/mol. The Kier molecular flexibility index (Phi) is 3.84. The second-order valence-electron chi connectivity index (χ2n) is 3.27. The van der Waals surface area contributed by atoms with Crippen molar-refractivity contribution in [1.82, 2.24) is 0 Å². The number of hydrogen-bond donors (Lipinski definition) is 1. The lowest BCUT2D eigenvalue weighted by molar-refractivity contribution is -0.150. The standard InChI is InChI=1S/C11H13FO4/c1-6-4-7(15-2)5-8(9(6)12)10(13)11(14)16-3/h4-5,10,13H,1-3H3. The van der Waals surface area contributed by atoms with Gasteiger partial charge in [-0.1, -0.05) is 0 Å². The molecule has 0 bridgehead atoms. The van der Waals surface area contributed by atoms with E-state index in [9.17, 15) is 14.3 Å². The van der Waals surface area contributed by atoms with Crippen LogP contribution in [0.4, 0.5) is 4.39 Å². The second kappa shape index (κ2) is 4.94. The maximum atomic E-state index is 13.6. The van der Waals surface area contributed by atoms with Crippen molar-refractivity contribution < 1.29 is 23.8 Å². The summed E-state index contributed by atoms with van der Waals surface area (Å²) in [4.78, 5) is 11.1. The average Bonchev–Trinajstić information content (AvgIpc) is 2.30. The maximum Gasteiger partial charge on any atom is 0.339 e. The molecule has 0 fully saturated rings. The molecule has 0 amide bonds. The highest BCUT2D eigenvalue weighted by Crippen LogP contribution is 2.26. The Balaban J connectivity index is 3.21. The van der Waals surface area contributed by atoms with Crippen molar-refractivity contribution in [3.8, 4) is 5.75 Å². The lowest BCUT2D eigenvalue weighted by Gasteiger charge is -2.12. The molecule has 1 aromatic carbocycles. The summed E-state index contributed by atoms with van der Waals surface area (Å²) in [6, 6.07) is 2.74. The van der Waals surface area contributed by atoms with Gasteiger partial charge < -0.3 is 14.6 Å². The van der Waals surface area contributed by atoms with Crippen molar-refractivity contribution in [1.29, 1.82) is 0 Å². The van der Waals surface area contributed by atoms with Gasteiger partial charge in [-0.3, -0.25) is 0 Å². The first kappa shape index (κ1) is 12.4. The van der Waals surface area contributed by atoms with Crippen LogP contribution in [0.3, 0.4) is 0 Å². The summed E-state index contributed by atoms with van der Waals surface area (Å²) < 4.78 is 22.9. The van der Waals surface area contributed by atoms with E-state index in [0.29, 0.717) is 5.75 Å². The van der Waals surface area contributed by atoms with Gasteiger partial charge in [-0.15, -0.1) is 0 Å². The molecule has 0 aliphatic rings. The normalized spacial score (nSPS) is 12.1. The number of benzene rings is 1. The predicted molar refractivity (Wildman–Crippen MR) is 54.7 cm³/mol. The van der Waals surface area contributed by atoms with Crippen LogP contribution in [0.1, 0.15) is 17.2 Å². The molecule has 0 saturated heterocycles. The van der Waals surface area contributed by atoms with Gasteiger partial charge in [0.15, 0.2) is 6.10 Å². The molecule has 0 saturated carbocycles. The molecule has 1 N–H and O–H groups in total. The van der Waals surface area contributed by atoms with Crippen LogP contribution in [-0.4, -0.2) is 25.3 Å². The third-order valence-electron chi connectivity index (χ3n) is 2.21. The number of aliphatic hydroxyl groups excluding tert-OH is 1. The highest BCUT2D eigenvalue weighted by Gasteiger charge is 2.23. The zero-order valence-corrected chi connectivity index (χ0v) is 9.28. The van der Waals surface area contributed by atoms with Gasteiger partial charge in [0.05, 0.1) is 14.2 Å². The Bertz CT molecular complexity index is 403. The minimum Gasteiger partial charge on any atom is -0.497 e. The van der Waals surface area contributed by atoms with Gasteiger partial charge in [0.25, 0.3) is 0 Å². The van der Waals surface area contributed by atoms with Gasteiger partial charge in [-0.05, 0) is 24.6 Å². The first-order chi connectivity index (χ1) is 7.51. The molecule has 0 aliphatic heterocycles. The molecule has 1 aromatic rings. The van der Waals surface area contributed by atoms with Gasteiger partial charge in [-0.2, -0.15) is 0 Å². The topological polar surface area (TPSA) is 55.8 Å². The number of halogens is 1. The van der Waals surface area contributed by atoms with Crippen LogP contribution in [0, 0.1) is 12.7 Å². The van der Waals surface area contributed by atoms with E-state index in [-0.39, 0.29) is 11.1 Å². The van der Waals surface area contributed by atoms with E-state index >= 15 is 0 Å². The number of aliphatic hydroxyl groups is 1. The molecule has 1 unspecified atom stereocenters. The summed E-state index contributed by atoms with van der Waals surface area (Å²) in [5, 5.41) is 9.54. The van der Waals surface area contributed by atoms with E-state index in [4.69, 9.17) is 4.74 Å². The Morgan fingerprint density at radius 2 is 2.06 bits per heavy atom. The molecule has 0 radical (unpaired) electrons. The van der Waals surface area contributed by atoms with Crippen molar-refractivity contribution in [2.45, 2.75) is 13.0 Å². The summed E-state index contributed by atoms with van der Waals surface area (Å²) in [7, 11) is 2.54. The number of esters is 1. The lowest BCUT2D eigenvalue weighted by atomic mass is 10.0. The molecule has 1 atom stereocenters. The summed E-state index contributed by atoms with van der Waals surface area (Å²) >= 11 is 0. The maximum absolute atomic E-state index is 13.6. The molecule has 4 nitrogen and oxygen atoms in total. The number of methoxy groups -OCH3 is 2. The fourth-order valence-corrected chi connectivity index (χ4v) is 1.32. The first-order valence-corrected chi connectivity index (χ1v) is 4.61. The van der Waals surface area contributed by atoms with Gasteiger partial charge in [-0.25, -0.2) is 9.18 Å². The predicted octanol–water partition coefficient (Wildman–Crippen LogP) is 1.35. The number of carbonyl (C=O) groups excluding carboxylic acids is 1. The number of ether oxygens (including phenoxy) is 2. The molecular formula is C11H13FO4. The van der Waals surface area contributed by atoms with Crippen molar-refractivity contribution >= 4 is 5.97 Å². The van der Waals surface area contributed by atoms with Crippen LogP contribution in [-0.2, 0) is 9.53 Å². The first-order valence-electron chi connectivity index (χ1n) is 4.61. The van der Waals surface area contributed by atoms with E-state index in [1.807, 2.05) is 0 Å². The molecule has 16 heavy (non-hydrogen) atoms. The molecular weight excluding hydrogens is 215 g/mol. The Hall–Kier alpha value is -1.62. The van der Waals surface area contributed by atoms with E-state index in [0.717, 1.165) is 7.11 Å². The van der Waals surface area contributed by atoms with Crippen molar-refractivity contribution in [3.05, 3.63) is 29.1 Å². The third kappa shape index (κ3) is 2.30. The van der Waals surface area contributed by atoms with Crippen molar-refractivity contribution in [3.63, 3.8) is 0 Å². The third-order valence-corrected chi connectivity index (χ3v) is 2.21. The Morgan fingerprint density at radius 1 is 1.44 bits per heavy atom. The highest BCUT2D eigenvalue weighted by molar-refractivity contribution is 5.76. The summed E-state index contributed by atoms with van der Waals surface area (Å²) in [5.74, 6) is -1.18. The Morgan fingerprint density at radius 3 is 2.56 bits per heavy atom. The van der Waals surface area contributed by atoms with Crippen molar-refractivity contribution in [2.75, 3.05) is 14.2 Å². The van der Waals surface area contributed by atoms with Crippen LogP contribution in [0.25, 0.3) is 0 Å². The summed E-state index contributed by atoms with van der Waals surface area (Å²) in [6.45, 7) is 1.52. The van der Waals surface area contributed by atoms with Gasteiger partial charge >= 0.3 is 5.97 Å². The minimum atomic E-state index is -1.64. The molecule has 5 heteroatoms. The Labute approximate surface area is 92.6 Å². The van der Waals surface area contributed by atoms with Crippen LogP contribution in [0.5, 0.6) is 5.75 Å². The smallest absolute Gasteiger partial charge is 0.339 e. The van der Waals surface area contributed by atoms with Crippen LogP contribution < -0.4 is 4.74 Å². The summed E-state index contributed by atoms with van der Waals surface area (Å²) in [5.41, 5.74) is 0.140. The SMILES string of the molecule is COC(=O)C(O)c1cc(OC)cc(C)c1F. The fourth-order valence-electron chi connectivity index (χ4n) is 1.32. The summed E-state index contributed by atoms with van der Waals surface area (Å²) in [6.07, 6.45) is -1.64. The second-order valence-corrected chi connectivity index (χ2v) is 3.27. The number of carbonyl (C=O) groups is 1. The number of rotatable bonds is 3. The largest absolute Gasteiger partial charge is 0.497 e. The minimum absolute atomic E-state index is 0.149. The molecule has 0 spiro atoms. The van der Waals surface area contributed by atoms with Gasteiger partial charge in [0.1, 0.15) is 11.6 Å². The molecule has 0 heterocycles. The molecule has 0 aromatic heterocycles. The van der Waals surface area contributed by atoms with Gasteiger partial charge in [0.2, 0.25) is 0 Å². The molecule has 0 aliphatic carbocycles. The average molecular weight is 228 g/mol. The van der Waals surface area contributed by atoms with Crippen molar-refractivity contribution in [2.24, 2.45) is 0 Å². The quantitative estimate of drug-likeness (QED) is 0.793. The number of hydrogen-bond acceptors (Lipinski definition) is 4. The highest BCUT2D eigenvalue weighted by atomic mass is 19.1. The van der Waals surface area contributed by atoms with E-state index < -0.39 is 17.9 Å². The van der Waals surface area contributed by atoms with E-state index in [2.05, 4.69) is 4.74 Å². The van der Waals surface area contributed by atoms with Crippen LogP contribution in [0.15, 0.2) is 12.1 Å². The lowest BCUT2D eigenvalue weighted by Crippen LogP contribution is -2.15. The molecule has 1 rings (SSSR count).